The van der Waals surface area contributed by atoms with E-state index in [4.69, 9.17) is 0 Å². The molecule has 0 radical (unpaired) electrons. The number of nitrogens with zero attached hydrogens (tertiary/aromatic N) is 1. The Kier molecular flexibility index (Phi) is 4.30. The van der Waals surface area contributed by atoms with Crippen molar-refractivity contribution in [2.45, 2.75) is 12.6 Å². The van der Waals surface area contributed by atoms with Crippen LogP contribution in [0.2, 0.25) is 0 Å². The fourth-order valence-electron chi connectivity index (χ4n) is 1.12. The van der Waals surface area contributed by atoms with Crippen molar-refractivity contribution in [3.05, 3.63) is 24.0 Å². The molecule has 1 aromatic rings. The van der Waals surface area contributed by atoms with Crippen molar-refractivity contribution in [1.29, 1.82) is 0 Å². The van der Waals surface area contributed by atoms with Crippen LogP contribution in [0.1, 0.15) is 16.9 Å². The van der Waals surface area contributed by atoms with E-state index in [2.05, 4.69) is 15.6 Å². The molecule has 1 rings (SSSR count). The monoisotopic (exact) mass is 247 g/mol. The van der Waals surface area contributed by atoms with Gasteiger partial charge in [0.05, 0.1) is 6.42 Å². The van der Waals surface area contributed by atoms with Crippen LogP contribution in [-0.4, -0.2) is 30.7 Å². The third-order valence-electron chi connectivity index (χ3n) is 1.98. The van der Waals surface area contributed by atoms with Crippen LogP contribution in [0.25, 0.3) is 0 Å². The van der Waals surface area contributed by atoms with Gasteiger partial charge in [0.15, 0.2) is 0 Å². The van der Waals surface area contributed by atoms with Crippen molar-refractivity contribution >= 4 is 11.6 Å². The Labute approximate surface area is 96.2 Å². The minimum Gasteiger partial charge on any atom is -0.388 e. The van der Waals surface area contributed by atoms with Gasteiger partial charge in [-0.2, -0.15) is 13.2 Å². The zero-order valence-corrected chi connectivity index (χ0v) is 9.14. The van der Waals surface area contributed by atoms with Gasteiger partial charge >= 0.3 is 6.18 Å². The van der Waals surface area contributed by atoms with Crippen LogP contribution in [-0.2, 0) is 0 Å². The molecular weight excluding hydrogens is 235 g/mol. The number of hydrogen-bond donors (Lipinski definition) is 2. The van der Waals surface area contributed by atoms with E-state index in [1.165, 1.54) is 12.3 Å². The number of aromatic nitrogens is 1. The molecule has 4 nitrogen and oxygen atoms in total. The highest BCUT2D eigenvalue weighted by atomic mass is 19.4. The van der Waals surface area contributed by atoms with Gasteiger partial charge in [-0.3, -0.25) is 9.78 Å². The zero-order chi connectivity index (χ0) is 12.9. The Balaban J connectivity index is 2.52. The number of carbonyl (C=O) groups excluding carboxylic acids is 1. The maximum absolute atomic E-state index is 11.9. The third kappa shape index (κ3) is 4.71. The molecule has 1 heterocycles. The van der Waals surface area contributed by atoms with E-state index in [-0.39, 0.29) is 5.69 Å². The van der Waals surface area contributed by atoms with E-state index in [0.29, 0.717) is 5.69 Å². The van der Waals surface area contributed by atoms with Gasteiger partial charge in [0, 0.05) is 25.5 Å². The van der Waals surface area contributed by atoms with Crippen molar-refractivity contribution in [3.63, 3.8) is 0 Å². The highest BCUT2D eigenvalue weighted by Gasteiger charge is 2.26. The topological polar surface area (TPSA) is 54.0 Å². The molecule has 94 valence electrons. The molecule has 0 bridgehead atoms. The predicted octanol–water partition coefficient (Wildman–Crippen LogP) is 1.81. The van der Waals surface area contributed by atoms with Crippen molar-refractivity contribution in [3.8, 4) is 0 Å². The smallest absolute Gasteiger partial charge is 0.388 e. The Bertz CT molecular complexity index is 393. The Hall–Kier alpha value is -1.79. The lowest BCUT2D eigenvalue weighted by molar-refractivity contribution is -0.132. The average molecular weight is 247 g/mol. The van der Waals surface area contributed by atoms with Crippen LogP contribution in [0.15, 0.2) is 18.3 Å². The number of anilines is 1. The fourth-order valence-corrected chi connectivity index (χ4v) is 1.12. The highest BCUT2D eigenvalue weighted by molar-refractivity contribution is 5.93. The van der Waals surface area contributed by atoms with E-state index in [9.17, 15) is 18.0 Å². The second-order valence-corrected chi connectivity index (χ2v) is 3.30. The second-order valence-electron chi connectivity index (χ2n) is 3.30. The van der Waals surface area contributed by atoms with Crippen LogP contribution in [0.4, 0.5) is 18.9 Å². The summed E-state index contributed by atoms with van der Waals surface area (Å²) in [6.07, 6.45) is -3.91. The first-order valence-electron chi connectivity index (χ1n) is 4.91. The van der Waals surface area contributed by atoms with Gasteiger partial charge in [-0.1, -0.05) is 0 Å². The number of hydrogen-bond acceptors (Lipinski definition) is 3. The van der Waals surface area contributed by atoms with Crippen molar-refractivity contribution in [2.75, 3.05) is 18.9 Å². The van der Waals surface area contributed by atoms with Crippen molar-refractivity contribution in [2.24, 2.45) is 0 Å². The number of nitrogens with one attached hydrogen (secondary N) is 2. The van der Waals surface area contributed by atoms with Crippen LogP contribution >= 0.6 is 0 Å². The van der Waals surface area contributed by atoms with Gasteiger partial charge in [0.2, 0.25) is 0 Å². The number of pyridine rings is 1. The van der Waals surface area contributed by atoms with Gasteiger partial charge in [-0.05, 0) is 12.1 Å². The molecule has 0 fully saturated rings. The molecule has 0 aromatic carbocycles. The van der Waals surface area contributed by atoms with Crippen LogP contribution < -0.4 is 10.6 Å². The second kappa shape index (κ2) is 5.51. The molecule has 0 saturated carbocycles. The molecule has 1 aromatic heterocycles. The quantitative estimate of drug-likeness (QED) is 0.853. The lowest BCUT2D eigenvalue weighted by Gasteiger charge is -2.08. The largest absolute Gasteiger partial charge is 0.390 e. The molecular formula is C10H12F3N3O. The fraction of sp³-hybridized carbons (Fsp3) is 0.400. The summed E-state index contributed by atoms with van der Waals surface area (Å²) in [6.45, 7) is -0.451. The van der Waals surface area contributed by atoms with Gasteiger partial charge in [0.1, 0.15) is 5.69 Å². The lowest BCUT2D eigenvalue weighted by Crippen LogP contribution is -2.28. The molecule has 0 aliphatic carbocycles. The summed E-state index contributed by atoms with van der Waals surface area (Å²) in [5, 5.41) is 4.96. The maximum atomic E-state index is 11.9. The summed E-state index contributed by atoms with van der Waals surface area (Å²) in [6, 6.07) is 3.11. The molecule has 2 N–H and O–H groups in total. The van der Waals surface area contributed by atoms with Crippen LogP contribution in [0, 0.1) is 0 Å². The summed E-state index contributed by atoms with van der Waals surface area (Å²) in [4.78, 5) is 15.2. The van der Waals surface area contributed by atoms with Gasteiger partial charge in [0.25, 0.3) is 5.91 Å². The lowest BCUT2D eigenvalue weighted by atomic mass is 10.3. The molecule has 17 heavy (non-hydrogen) atoms. The summed E-state index contributed by atoms with van der Waals surface area (Å²) in [5.74, 6) is -0.619. The van der Waals surface area contributed by atoms with Crippen molar-refractivity contribution < 1.29 is 18.0 Å². The van der Waals surface area contributed by atoms with Gasteiger partial charge in [-0.15, -0.1) is 0 Å². The van der Waals surface area contributed by atoms with Crippen LogP contribution in [0.3, 0.4) is 0 Å². The molecule has 0 spiro atoms. The number of rotatable bonds is 4. The van der Waals surface area contributed by atoms with E-state index >= 15 is 0 Å². The first-order chi connectivity index (χ1) is 7.92. The van der Waals surface area contributed by atoms with Gasteiger partial charge in [-0.25, -0.2) is 0 Å². The third-order valence-corrected chi connectivity index (χ3v) is 1.98. The molecule has 0 atom stereocenters. The van der Waals surface area contributed by atoms with Crippen molar-refractivity contribution in [1.82, 2.24) is 10.3 Å². The Morgan fingerprint density at radius 2 is 2.18 bits per heavy atom. The van der Waals surface area contributed by atoms with E-state index < -0.39 is 25.0 Å². The Morgan fingerprint density at radius 3 is 2.76 bits per heavy atom. The minimum atomic E-state index is -4.27. The van der Waals surface area contributed by atoms with E-state index in [1.807, 2.05) is 0 Å². The van der Waals surface area contributed by atoms with Crippen LogP contribution in [0.5, 0.6) is 0 Å². The molecule has 1 amide bonds. The summed E-state index contributed by atoms with van der Waals surface area (Å²) in [7, 11) is 1.67. The average Bonchev–Trinajstić information content (AvgIpc) is 2.27. The number of amides is 1. The number of carbonyl (C=O) groups is 1. The first kappa shape index (κ1) is 13.3. The minimum absolute atomic E-state index is 0.0824. The summed E-state index contributed by atoms with van der Waals surface area (Å²) in [5.41, 5.74) is 0.750. The molecule has 0 saturated heterocycles. The summed E-state index contributed by atoms with van der Waals surface area (Å²) < 4.78 is 35.6. The molecule has 0 unspecified atom stereocenters. The predicted molar refractivity (Wildman–Crippen MR) is 56.8 cm³/mol. The molecule has 0 aliphatic heterocycles. The SMILES string of the molecule is CNc1ccnc(C(=O)NCCC(F)(F)F)c1. The van der Waals surface area contributed by atoms with E-state index in [0.717, 1.165) is 0 Å². The number of halogens is 3. The van der Waals surface area contributed by atoms with Gasteiger partial charge < -0.3 is 10.6 Å². The highest BCUT2D eigenvalue weighted by Crippen LogP contribution is 2.18. The summed E-state index contributed by atoms with van der Waals surface area (Å²) >= 11 is 0. The first-order valence-corrected chi connectivity index (χ1v) is 4.91. The Morgan fingerprint density at radius 1 is 1.47 bits per heavy atom. The normalized spacial score (nSPS) is 11.1. The zero-order valence-electron chi connectivity index (χ0n) is 9.14. The molecule has 7 heteroatoms. The molecule has 0 aliphatic rings. The number of alkyl halides is 3. The standard InChI is InChI=1S/C10H12F3N3O/c1-14-7-2-4-15-8(6-7)9(17)16-5-3-10(11,12)13/h2,4,6H,3,5H2,1H3,(H,14,15)(H,16,17). The maximum Gasteiger partial charge on any atom is 0.390 e. The van der Waals surface area contributed by atoms with E-state index in [1.54, 1.807) is 13.1 Å².